The fourth-order valence-corrected chi connectivity index (χ4v) is 4.11. The Bertz CT molecular complexity index is 870. The van der Waals surface area contributed by atoms with E-state index in [0.717, 1.165) is 16.9 Å². The molecule has 0 fully saturated rings. The largest absolute Gasteiger partial charge is 0.459 e. The number of hydrogen-bond donors (Lipinski definition) is 1. The smallest absolute Gasteiger partial charge is 0.341 e. The van der Waals surface area contributed by atoms with E-state index in [0.29, 0.717) is 28.5 Å². The number of thiophene rings is 1. The van der Waals surface area contributed by atoms with E-state index >= 15 is 0 Å². The molecular weight excluding hydrogens is 388 g/mol. The van der Waals surface area contributed by atoms with Crippen molar-refractivity contribution in [3.8, 4) is 0 Å². The van der Waals surface area contributed by atoms with E-state index in [4.69, 9.17) is 4.74 Å². The lowest BCUT2D eigenvalue weighted by molar-refractivity contribution is -0.115. The first kappa shape index (κ1) is 22.6. The van der Waals surface area contributed by atoms with Gasteiger partial charge in [-0.3, -0.25) is 9.59 Å². The van der Waals surface area contributed by atoms with E-state index in [-0.39, 0.29) is 29.9 Å². The fraction of sp³-hybridized carbons (Fsp3) is 0.409. The molecule has 0 aliphatic carbocycles. The highest BCUT2D eigenvalue weighted by Gasteiger charge is 2.28. The van der Waals surface area contributed by atoms with Crippen molar-refractivity contribution >= 4 is 34.1 Å². The Hall–Kier alpha value is -2.67. The summed E-state index contributed by atoms with van der Waals surface area (Å²) in [5, 5.41) is 3.16. The molecule has 2 rings (SSSR count). The molecule has 0 unspecified atom stereocenters. The third kappa shape index (κ3) is 5.67. The number of ether oxygens (including phenoxy) is 1. The van der Waals surface area contributed by atoms with Gasteiger partial charge < -0.3 is 15.0 Å². The summed E-state index contributed by atoms with van der Waals surface area (Å²) in [4.78, 5) is 40.3. The molecule has 0 saturated carbocycles. The molecular formula is C22H28N2O4S. The minimum Gasteiger partial charge on any atom is -0.459 e. The maximum Gasteiger partial charge on any atom is 0.341 e. The van der Waals surface area contributed by atoms with Gasteiger partial charge in [-0.1, -0.05) is 30.3 Å². The number of amides is 2. The summed E-state index contributed by atoms with van der Waals surface area (Å²) < 4.78 is 5.36. The number of nitrogens with one attached hydrogen (secondary N) is 1. The van der Waals surface area contributed by atoms with Gasteiger partial charge in [-0.15, -0.1) is 11.3 Å². The first-order valence-corrected chi connectivity index (χ1v) is 10.6. The minimum atomic E-state index is -0.539. The molecule has 0 saturated heterocycles. The number of carbonyl (C=O) groups is 3. The second-order valence-electron chi connectivity index (χ2n) is 6.90. The van der Waals surface area contributed by atoms with Crippen LogP contribution in [0.2, 0.25) is 0 Å². The zero-order valence-corrected chi connectivity index (χ0v) is 18.4. The first-order chi connectivity index (χ1) is 13.8. The summed E-state index contributed by atoms with van der Waals surface area (Å²) in [6, 6.07) is 9.34. The molecule has 1 aromatic carbocycles. The highest BCUT2D eigenvalue weighted by Crippen LogP contribution is 2.35. The van der Waals surface area contributed by atoms with Crippen LogP contribution in [0.4, 0.5) is 5.00 Å². The van der Waals surface area contributed by atoms with E-state index in [1.165, 1.54) is 0 Å². The zero-order chi connectivity index (χ0) is 21.6. The third-order valence-corrected chi connectivity index (χ3v) is 5.59. The van der Waals surface area contributed by atoms with Crippen LogP contribution in [0, 0.1) is 6.92 Å². The van der Waals surface area contributed by atoms with Gasteiger partial charge in [-0.05, 0) is 45.7 Å². The van der Waals surface area contributed by atoms with Crippen molar-refractivity contribution in [2.45, 2.75) is 47.1 Å². The quantitative estimate of drug-likeness (QED) is 0.652. The highest BCUT2D eigenvalue weighted by atomic mass is 32.1. The molecule has 0 aliphatic heterocycles. The molecule has 2 amide bonds. The van der Waals surface area contributed by atoms with Crippen molar-refractivity contribution in [1.29, 1.82) is 0 Å². The van der Waals surface area contributed by atoms with Gasteiger partial charge in [-0.25, -0.2) is 4.79 Å². The monoisotopic (exact) mass is 416 g/mol. The Morgan fingerprint density at radius 1 is 1.10 bits per heavy atom. The van der Waals surface area contributed by atoms with Crippen molar-refractivity contribution in [2.75, 3.05) is 18.4 Å². The molecule has 0 atom stereocenters. The van der Waals surface area contributed by atoms with Gasteiger partial charge in [0.2, 0.25) is 5.91 Å². The fourth-order valence-electron chi connectivity index (χ4n) is 2.93. The summed E-state index contributed by atoms with van der Waals surface area (Å²) >= 11 is 1.12. The van der Waals surface area contributed by atoms with Crippen LogP contribution in [0.1, 0.15) is 58.9 Å². The van der Waals surface area contributed by atoms with Crippen molar-refractivity contribution in [3.05, 3.63) is 51.9 Å². The third-order valence-electron chi connectivity index (χ3n) is 4.40. The lowest BCUT2D eigenvalue weighted by Gasteiger charge is -2.18. The number of nitrogens with zero attached hydrogens (tertiary/aromatic N) is 1. The summed E-state index contributed by atoms with van der Waals surface area (Å²) in [6.07, 6.45) is -0.132. The summed E-state index contributed by atoms with van der Waals surface area (Å²) in [5.41, 5.74) is 1.65. The van der Waals surface area contributed by atoms with Gasteiger partial charge in [0.05, 0.1) is 23.0 Å². The summed E-state index contributed by atoms with van der Waals surface area (Å²) in [5.74, 6) is -0.945. The van der Waals surface area contributed by atoms with Crippen LogP contribution in [0.15, 0.2) is 30.3 Å². The molecule has 6 nitrogen and oxygen atoms in total. The topological polar surface area (TPSA) is 75.7 Å². The van der Waals surface area contributed by atoms with Gasteiger partial charge in [0.25, 0.3) is 5.91 Å². The molecule has 0 aliphatic rings. The van der Waals surface area contributed by atoms with Gasteiger partial charge in [0.1, 0.15) is 5.00 Å². The molecule has 29 heavy (non-hydrogen) atoms. The van der Waals surface area contributed by atoms with E-state index < -0.39 is 5.97 Å². The average molecular weight is 417 g/mol. The molecule has 0 spiro atoms. The molecule has 7 heteroatoms. The summed E-state index contributed by atoms with van der Waals surface area (Å²) in [6.45, 7) is 10.2. The van der Waals surface area contributed by atoms with Crippen LogP contribution in [0.5, 0.6) is 0 Å². The van der Waals surface area contributed by atoms with Crippen molar-refractivity contribution in [2.24, 2.45) is 0 Å². The second kappa shape index (κ2) is 10.2. The van der Waals surface area contributed by atoms with E-state index in [1.807, 2.05) is 44.2 Å². The van der Waals surface area contributed by atoms with E-state index in [9.17, 15) is 14.4 Å². The van der Waals surface area contributed by atoms with E-state index in [2.05, 4.69) is 5.32 Å². The maximum atomic E-state index is 12.9. The Kier molecular flexibility index (Phi) is 7.96. The van der Waals surface area contributed by atoms with Crippen LogP contribution in [0.25, 0.3) is 0 Å². The zero-order valence-electron chi connectivity index (χ0n) is 17.6. The van der Waals surface area contributed by atoms with Crippen molar-refractivity contribution < 1.29 is 19.1 Å². The van der Waals surface area contributed by atoms with Gasteiger partial charge in [0, 0.05) is 13.1 Å². The molecule has 2 aromatic rings. The van der Waals surface area contributed by atoms with Gasteiger partial charge in [-0.2, -0.15) is 0 Å². The predicted octanol–water partition coefficient (Wildman–Crippen LogP) is 4.28. The SMILES string of the molecule is CCN(CC)C(=O)c1sc(NC(=O)Cc2ccccc2)c(C(=O)OC(C)C)c1C. The highest BCUT2D eigenvalue weighted by molar-refractivity contribution is 7.18. The normalized spacial score (nSPS) is 10.7. The lowest BCUT2D eigenvalue weighted by atomic mass is 10.1. The number of hydrogen-bond acceptors (Lipinski definition) is 5. The number of esters is 1. The van der Waals surface area contributed by atoms with Crippen LogP contribution in [-0.4, -0.2) is 41.9 Å². The second-order valence-corrected chi connectivity index (χ2v) is 7.92. The van der Waals surface area contributed by atoms with Gasteiger partial charge >= 0.3 is 5.97 Å². The number of carbonyl (C=O) groups excluding carboxylic acids is 3. The van der Waals surface area contributed by atoms with Crippen LogP contribution in [-0.2, 0) is 16.0 Å². The molecule has 156 valence electrons. The first-order valence-electron chi connectivity index (χ1n) is 9.75. The Morgan fingerprint density at radius 3 is 2.28 bits per heavy atom. The Morgan fingerprint density at radius 2 is 1.72 bits per heavy atom. The lowest BCUT2D eigenvalue weighted by Crippen LogP contribution is -2.30. The molecule has 0 bridgehead atoms. The van der Waals surface area contributed by atoms with Crippen LogP contribution < -0.4 is 5.32 Å². The maximum absolute atomic E-state index is 12.9. The molecule has 0 radical (unpaired) electrons. The molecule has 1 aromatic heterocycles. The standard InChI is InChI=1S/C22H28N2O4S/c1-6-24(7-2)21(26)19-15(5)18(22(27)28-14(3)4)20(29-19)23-17(25)13-16-11-9-8-10-12-16/h8-12,14H,6-7,13H2,1-5H3,(H,23,25). The number of benzene rings is 1. The minimum absolute atomic E-state index is 0.153. The van der Waals surface area contributed by atoms with Gasteiger partial charge in [0.15, 0.2) is 0 Å². The van der Waals surface area contributed by atoms with Crippen molar-refractivity contribution in [1.82, 2.24) is 4.90 Å². The summed E-state index contributed by atoms with van der Waals surface area (Å²) in [7, 11) is 0. The predicted molar refractivity (Wildman–Crippen MR) is 116 cm³/mol. The Balaban J connectivity index is 2.37. The molecule has 1 N–H and O–H groups in total. The number of anilines is 1. The van der Waals surface area contributed by atoms with E-state index in [1.54, 1.807) is 25.7 Å². The molecule has 1 heterocycles. The number of rotatable bonds is 8. The average Bonchev–Trinajstić information content (AvgIpc) is 2.98. The van der Waals surface area contributed by atoms with Crippen LogP contribution in [0.3, 0.4) is 0 Å². The Labute approximate surface area is 175 Å². The van der Waals surface area contributed by atoms with Crippen LogP contribution >= 0.6 is 11.3 Å². The van der Waals surface area contributed by atoms with Crippen molar-refractivity contribution in [3.63, 3.8) is 0 Å².